The maximum atomic E-state index is 5.76. The number of rotatable bonds is 3. The molecule has 0 atom stereocenters. The standard InChI is InChI=1S/C15H12N4O/c16-15-14(18-17-12-9-5-2-6-10-12)13(19-20-15)11-7-3-1-4-8-11/h1-10H,16H2. The average molecular weight is 264 g/mol. The first kappa shape index (κ1) is 12.1. The lowest BCUT2D eigenvalue weighted by atomic mass is 10.1. The van der Waals surface area contributed by atoms with Crippen LogP contribution in [0.2, 0.25) is 0 Å². The Bertz CT molecular complexity index is 720. The second-order valence-corrected chi connectivity index (χ2v) is 4.15. The number of aromatic nitrogens is 1. The van der Waals surface area contributed by atoms with Gasteiger partial charge in [-0.3, -0.25) is 0 Å². The third-order valence-corrected chi connectivity index (χ3v) is 2.76. The Balaban J connectivity index is 1.98. The van der Waals surface area contributed by atoms with E-state index in [9.17, 15) is 0 Å². The number of hydrogen-bond acceptors (Lipinski definition) is 5. The monoisotopic (exact) mass is 264 g/mol. The van der Waals surface area contributed by atoms with E-state index >= 15 is 0 Å². The number of azo groups is 1. The predicted molar refractivity (Wildman–Crippen MR) is 77.0 cm³/mol. The van der Waals surface area contributed by atoms with E-state index in [4.69, 9.17) is 10.3 Å². The maximum absolute atomic E-state index is 5.76. The Kier molecular flexibility index (Phi) is 3.24. The minimum atomic E-state index is 0.156. The molecular formula is C15H12N4O. The molecule has 0 saturated carbocycles. The van der Waals surface area contributed by atoms with Gasteiger partial charge in [-0.25, -0.2) is 0 Å². The van der Waals surface area contributed by atoms with Gasteiger partial charge in [0.1, 0.15) is 5.69 Å². The highest BCUT2D eigenvalue weighted by Gasteiger charge is 2.14. The van der Waals surface area contributed by atoms with Gasteiger partial charge in [0.15, 0.2) is 5.69 Å². The zero-order valence-electron chi connectivity index (χ0n) is 10.6. The fraction of sp³-hybridized carbons (Fsp3) is 0. The van der Waals surface area contributed by atoms with Crippen LogP contribution in [-0.2, 0) is 0 Å². The van der Waals surface area contributed by atoms with E-state index in [1.54, 1.807) is 0 Å². The molecule has 0 amide bonds. The van der Waals surface area contributed by atoms with Gasteiger partial charge in [-0.1, -0.05) is 53.7 Å². The van der Waals surface area contributed by atoms with E-state index in [-0.39, 0.29) is 5.88 Å². The summed E-state index contributed by atoms with van der Waals surface area (Å²) in [6.07, 6.45) is 0. The van der Waals surface area contributed by atoms with Crippen molar-refractivity contribution in [2.45, 2.75) is 0 Å². The molecule has 0 bridgehead atoms. The lowest BCUT2D eigenvalue weighted by Crippen LogP contribution is -1.80. The Labute approximate surface area is 115 Å². The van der Waals surface area contributed by atoms with Crippen molar-refractivity contribution in [3.8, 4) is 11.3 Å². The van der Waals surface area contributed by atoms with E-state index in [1.165, 1.54) is 0 Å². The topological polar surface area (TPSA) is 76.8 Å². The van der Waals surface area contributed by atoms with E-state index in [0.717, 1.165) is 11.3 Å². The molecule has 1 heterocycles. The van der Waals surface area contributed by atoms with Gasteiger partial charge in [0.2, 0.25) is 0 Å². The average Bonchev–Trinajstić information content (AvgIpc) is 2.88. The van der Waals surface area contributed by atoms with Crippen molar-refractivity contribution in [3.05, 3.63) is 60.7 Å². The Hall–Kier alpha value is -2.95. The fourth-order valence-corrected chi connectivity index (χ4v) is 1.78. The predicted octanol–water partition coefficient (Wildman–Crippen LogP) is 4.34. The van der Waals surface area contributed by atoms with E-state index in [0.29, 0.717) is 11.4 Å². The molecule has 0 aliphatic carbocycles. The van der Waals surface area contributed by atoms with Gasteiger partial charge in [-0.05, 0) is 12.1 Å². The number of nitrogen functional groups attached to an aromatic ring is 1. The summed E-state index contributed by atoms with van der Waals surface area (Å²) in [6, 6.07) is 19.0. The summed E-state index contributed by atoms with van der Waals surface area (Å²) >= 11 is 0. The number of nitrogens with zero attached hydrogens (tertiary/aromatic N) is 3. The first-order chi connectivity index (χ1) is 9.84. The van der Waals surface area contributed by atoms with Crippen molar-refractivity contribution in [2.24, 2.45) is 10.2 Å². The van der Waals surface area contributed by atoms with Crippen LogP contribution in [0.15, 0.2) is 75.4 Å². The summed E-state index contributed by atoms with van der Waals surface area (Å²) in [5, 5.41) is 12.2. The van der Waals surface area contributed by atoms with Crippen LogP contribution in [0, 0.1) is 0 Å². The summed E-state index contributed by atoms with van der Waals surface area (Å²) in [5.41, 5.74) is 8.42. The van der Waals surface area contributed by atoms with Crippen molar-refractivity contribution < 1.29 is 4.52 Å². The van der Waals surface area contributed by atoms with E-state index in [2.05, 4.69) is 15.4 Å². The molecule has 0 unspecified atom stereocenters. The van der Waals surface area contributed by atoms with Gasteiger partial charge in [0.05, 0.1) is 5.69 Å². The number of hydrogen-bond donors (Lipinski definition) is 1. The molecule has 0 spiro atoms. The van der Waals surface area contributed by atoms with Crippen LogP contribution in [0.1, 0.15) is 0 Å². The summed E-state index contributed by atoms with van der Waals surface area (Å²) in [7, 11) is 0. The second-order valence-electron chi connectivity index (χ2n) is 4.15. The second kappa shape index (κ2) is 5.36. The molecule has 5 nitrogen and oxygen atoms in total. The molecule has 0 radical (unpaired) electrons. The van der Waals surface area contributed by atoms with Crippen LogP contribution in [0.25, 0.3) is 11.3 Å². The molecule has 0 aliphatic rings. The molecule has 2 aromatic carbocycles. The molecule has 3 aromatic rings. The number of nitrogens with two attached hydrogens (primary N) is 1. The molecule has 1 aromatic heterocycles. The minimum absolute atomic E-state index is 0.156. The normalized spacial score (nSPS) is 11.0. The number of anilines is 1. The third-order valence-electron chi connectivity index (χ3n) is 2.76. The molecule has 20 heavy (non-hydrogen) atoms. The molecule has 3 rings (SSSR count). The first-order valence-corrected chi connectivity index (χ1v) is 6.12. The molecule has 98 valence electrons. The largest absolute Gasteiger partial charge is 0.366 e. The fourth-order valence-electron chi connectivity index (χ4n) is 1.78. The van der Waals surface area contributed by atoms with Crippen LogP contribution in [0.5, 0.6) is 0 Å². The maximum Gasteiger partial charge on any atom is 0.250 e. The zero-order valence-corrected chi connectivity index (χ0v) is 10.6. The van der Waals surface area contributed by atoms with Crippen LogP contribution < -0.4 is 5.73 Å². The highest BCUT2D eigenvalue weighted by molar-refractivity contribution is 5.77. The van der Waals surface area contributed by atoms with Crippen molar-refractivity contribution in [2.75, 3.05) is 5.73 Å². The van der Waals surface area contributed by atoms with Gasteiger partial charge in [0, 0.05) is 5.56 Å². The zero-order chi connectivity index (χ0) is 13.8. The summed E-state index contributed by atoms with van der Waals surface area (Å²) in [6.45, 7) is 0. The molecule has 2 N–H and O–H groups in total. The molecule has 0 fully saturated rings. The smallest absolute Gasteiger partial charge is 0.250 e. The molecule has 5 heteroatoms. The molecule has 0 saturated heterocycles. The SMILES string of the molecule is Nc1onc(-c2ccccc2)c1N=Nc1ccccc1. The van der Waals surface area contributed by atoms with Crippen LogP contribution >= 0.6 is 0 Å². The quantitative estimate of drug-likeness (QED) is 0.715. The highest BCUT2D eigenvalue weighted by Crippen LogP contribution is 2.35. The Morgan fingerprint density at radius 2 is 1.50 bits per heavy atom. The van der Waals surface area contributed by atoms with Crippen LogP contribution in [0.4, 0.5) is 17.3 Å². The molecular weight excluding hydrogens is 252 g/mol. The minimum Gasteiger partial charge on any atom is -0.366 e. The Morgan fingerprint density at radius 1 is 0.850 bits per heavy atom. The third kappa shape index (κ3) is 2.42. The van der Waals surface area contributed by atoms with Crippen molar-refractivity contribution >= 4 is 17.3 Å². The van der Waals surface area contributed by atoms with Gasteiger partial charge >= 0.3 is 0 Å². The van der Waals surface area contributed by atoms with Crippen LogP contribution in [0.3, 0.4) is 0 Å². The van der Waals surface area contributed by atoms with E-state index < -0.39 is 0 Å². The summed E-state index contributed by atoms with van der Waals surface area (Å²) < 4.78 is 5.01. The summed E-state index contributed by atoms with van der Waals surface area (Å²) in [4.78, 5) is 0. The highest BCUT2D eigenvalue weighted by atomic mass is 16.5. The van der Waals surface area contributed by atoms with E-state index in [1.807, 2.05) is 60.7 Å². The van der Waals surface area contributed by atoms with Gasteiger partial charge in [-0.15, -0.1) is 5.11 Å². The lowest BCUT2D eigenvalue weighted by molar-refractivity contribution is 0.439. The van der Waals surface area contributed by atoms with Crippen molar-refractivity contribution in [3.63, 3.8) is 0 Å². The Morgan fingerprint density at radius 3 is 2.20 bits per heavy atom. The summed E-state index contributed by atoms with van der Waals surface area (Å²) in [5.74, 6) is 0.156. The number of benzene rings is 2. The van der Waals surface area contributed by atoms with Crippen LogP contribution in [-0.4, -0.2) is 5.16 Å². The lowest BCUT2D eigenvalue weighted by Gasteiger charge is -1.96. The van der Waals surface area contributed by atoms with Gasteiger partial charge in [-0.2, -0.15) is 5.11 Å². The first-order valence-electron chi connectivity index (χ1n) is 6.12. The van der Waals surface area contributed by atoms with Crippen molar-refractivity contribution in [1.82, 2.24) is 5.16 Å². The van der Waals surface area contributed by atoms with Gasteiger partial charge in [0.25, 0.3) is 5.88 Å². The molecule has 0 aliphatic heterocycles. The van der Waals surface area contributed by atoms with Crippen molar-refractivity contribution in [1.29, 1.82) is 0 Å². The van der Waals surface area contributed by atoms with Gasteiger partial charge < -0.3 is 10.3 Å².